The third-order valence-corrected chi connectivity index (χ3v) is 3.83. The number of rotatable bonds is 6. The van der Waals surface area contributed by atoms with Crippen LogP contribution >= 0.6 is 27.5 Å². The van der Waals surface area contributed by atoms with Gasteiger partial charge in [-0.05, 0) is 59.9 Å². The van der Waals surface area contributed by atoms with Crippen molar-refractivity contribution < 1.29 is 0 Å². The van der Waals surface area contributed by atoms with Crippen LogP contribution in [-0.2, 0) is 0 Å². The molecule has 0 heterocycles. The SMILES string of the molecule is C=CCCCC(NC)c1ccc(Br)c(Cl)c1. The third kappa shape index (κ3) is 3.93. The first-order chi connectivity index (χ1) is 7.69. The molecule has 0 aliphatic rings. The molecular formula is C13H17BrClN. The second-order valence-corrected chi connectivity index (χ2v) is 5.00. The monoisotopic (exact) mass is 301 g/mol. The molecule has 0 aliphatic carbocycles. The fourth-order valence-electron chi connectivity index (χ4n) is 1.67. The Morgan fingerprint density at radius 2 is 2.31 bits per heavy atom. The molecule has 1 unspecified atom stereocenters. The summed E-state index contributed by atoms with van der Waals surface area (Å²) in [7, 11) is 1.98. The molecule has 0 aromatic heterocycles. The molecule has 0 radical (unpaired) electrons. The van der Waals surface area contributed by atoms with Crippen LogP contribution in [0.2, 0.25) is 5.02 Å². The van der Waals surface area contributed by atoms with Gasteiger partial charge >= 0.3 is 0 Å². The second kappa shape index (κ2) is 7.10. The first-order valence-electron chi connectivity index (χ1n) is 5.42. The van der Waals surface area contributed by atoms with E-state index in [1.54, 1.807) is 0 Å². The van der Waals surface area contributed by atoms with Crippen LogP contribution in [0, 0.1) is 0 Å². The van der Waals surface area contributed by atoms with E-state index >= 15 is 0 Å². The minimum atomic E-state index is 0.366. The first kappa shape index (κ1) is 13.8. The molecule has 0 saturated heterocycles. The van der Waals surface area contributed by atoms with Gasteiger partial charge < -0.3 is 5.32 Å². The number of halogens is 2. The van der Waals surface area contributed by atoms with Gasteiger partial charge in [-0.25, -0.2) is 0 Å². The molecule has 1 nitrogen and oxygen atoms in total. The Bertz CT molecular complexity index is 352. The quantitative estimate of drug-likeness (QED) is 0.592. The number of hydrogen-bond acceptors (Lipinski definition) is 1. The van der Waals surface area contributed by atoms with Crippen molar-refractivity contribution in [2.24, 2.45) is 0 Å². The second-order valence-electron chi connectivity index (χ2n) is 3.73. The van der Waals surface area contributed by atoms with E-state index in [0.29, 0.717) is 6.04 Å². The number of hydrogen-bond donors (Lipinski definition) is 1. The number of unbranched alkanes of at least 4 members (excludes halogenated alkanes) is 1. The minimum absolute atomic E-state index is 0.366. The van der Waals surface area contributed by atoms with E-state index in [4.69, 9.17) is 11.6 Å². The molecule has 0 aliphatic heterocycles. The molecule has 0 bridgehead atoms. The van der Waals surface area contributed by atoms with Crippen LogP contribution in [0.3, 0.4) is 0 Å². The molecule has 0 fully saturated rings. The first-order valence-corrected chi connectivity index (χ1v) is 6.59. The van der Waals surface area contributed by atoms with E-state index in [2.05, 4.69) is 33.9 Å². The largest absolute Gasteiger partial charge is 0.313 e. The van der Waals surface area contributed by atoms with Crippen LogP contribution in [0.4, 0.5) is 0 Å². The van der Waals surface area contributed by atoms with Crippen LogP contribution in [0.1, 0.15) is 30.9 Å². The molecule has 0 saturated carbocycles. The predicted octanol–water partition coefficient (Wildman–Crippen LogP) is 4.72. The Kier molecular flexibility index (Phi) is 6.10. The summed E-state index contributed by atoms with van der Waals surface area (Å²) in [6.07, 6.45) is 5.26. The molecule has 3 heteroatoms. The predicted molar refractivity (Wildman–Crippen MR) is 75.0 cm³/mol. The smallest absolute Gasteiger partial charge is 0.0551 e. The minimum Gasteiger partial charge on any atom is -0.313 e. The van der Waals surface area contributed by atoms with Crippen molar-refractivity contribution in [3.8, 4) is 0 Å². The molecule has 88 valence electrons. The van der Waals surface area contributed by atoms with Crippen molar-refractivity contribution in [2.75, 3.05) is 7.05 Å². The van der Waals surface area contributed by atoms with Gasteiger partial charge in [-0.3, -0.25) is 0 Å². The van der Waals surface area contributed by atoms with E-state index in [-0.39, 0.29) is 0 Å². The maximum absolute atomic E-state index is 6.09. The molecule has 1 aromatic rings. The molecule has 1 N–H and O–H groups in total. The average molecular weight is 303 g/mol. The summed E-state index contributed by atoms with van der Waals surface area (Å²) >= 11 is 9.48. The van der Waals surface area contributed by atoms with Crippen molar-refractivity contribution in [3.05, 3.63) is 45.9 Å². The van der Waals surface area contributed by atoms with Gasteiger partial charge in [-0.15, -0.1) is 6.58 Å². The summed E-state index contributed by atoms with van der Waals surface area (Å²) in [5.41, 5.74) is 1.24. The lowest BCUT2D eigenvalue weighted by atomic mass is 10.0. The van der Waals surface area contributed by atoms with E-state index in [9.17, 15) is 0 Å². The molecule has 16 heavy (non-hydrogen) atoms. The van der Waals surface area contributed by atoms with E-state index in [0.717, 1.165) is 28.8 Å². The Morgan fingerprint density at radius 1 is 1.56 bits per heavy atom. The van der Waals surface area contributed by atoms with Gasteiger partial charge in [0.1, 0.15) is 0 Å². The highest BCUT2D eigenvalue weighted by atomic mass is 79.9. The fraction of sp³-hybridized carbons (Fsp3) is 0.385. The molecule has 0 amide bonds. The zero-order valence-corrected chi connectivity index (χ0v) is 11.8. The van der Waals surface area contributed by atoms with Gasteiger partial charge in [-0.2, -0.15) is 0 Å². The van der Waals surface area contributed by atoms with Gasteiger partial charge in [0, 0.05) is 10.5 Å². The maximum Gasteiger partial charge on any atom is 0.0551 e. The summed E-state index contributed by atoms with van der Waals surface area (Å²) in [5.74, 6) is 0. The Balaban J connectivity index is 2.70. The average Bonchev–Trinajstić information content (AvgIpc) is 2.29. The van der Waals surface area contributed by atoms with Crippen LogP contribution in [0.15, 0.2) is 35.3 Å². The van der Waals surface area contributed by atoms with Crippen molar-refractivity contribution in [3.63, 3.8) is 0 Å². The molecule has 0 spiro atoms. The van der Waals surface area contributed by atoms with Crippen molar-refractivity contribution >= 4 is 27.5 Å². The van der Waals surface area contributed by atoms with E-state index in [1.165, 1.54) is 5.56 Å². The zero-order chi connectivity index (χ0) is 12.0. The zero-order valence-electron chi connectivity index (χ0n) is 9.47. The van der Waals surface area contributed by atoms with E-state index < -0.39 is 0 Å². The van der Waals surface area contributed by atoms with Gasteiger partial charge in [0.15, 0.2) is 0 Å². The summed E-state index contributed by atoms with van der Waals surface area (Å²) in [6.45, 7) is 3.73. The maximum atomic E-state index is 6.09. The Labute approximate surface area is 111 Å². The summed E-state index contributed by atoms with van der Waals surface area (Å²) in [5, 5.41) is 4.08. The van der Waals surface area contributed by atoms with Crippen molar-refractivity contribution in [1.82, 2.24) is 5.32 Å². The van der Waals surface area contributed by atoms with Crippen molar-refractivity contribution in [1.29, 1.82) is 0 Å². The molecule has 1 aromatic carbocycles. The van der Waals surface area contributed by atoms with Gasteiger partial charge in [0.2, 0.25) is 0 Å². The number of benzene rings is 1. The molecular weight excluding hydrogens is 286 g/mol. The van der Waals surface area contributed by atoms with Gasteiger partial charge in [0.05, 0.1) is 5.02 Å². The fourth-order valence-corrected chi connectivity index (χ4v) is 2.11. The normalized spacial score (nSPS) is 12.4. The van der Waals surface area contributed by atoms with Crippen LogP contribution < -0.4 is 5.32 Å². The molecule has 1 rings (SSSR count). The summed E-state index contributed by atoms with van der Waals surface area (Å²) < 4.78 is 0.943. The van der Waals surface area contributed by atoms with E-state index in [1.807, 2.05) is 25.3 Å². The summed E-state index contributed by atoms with van der Waals surface area (Å²) in [6, 6.07) is 6.48. The van der Waals surface area contributed by atoms with Crippen molar-refractivity contribution in [2.45, 2.75) is 25.3 Å². The highest BCUT2D eigenvalue weighted by molar-refractivity contribution is 9.10. The highest BCUT2D eigenvalue weighted by Crippen LogP contribution is 2.27. The topological polar surface area (TPSA) is 12.0 Å². The van der Waals surface area contributed by atoms with Gasteiger partial charge in [0.25, 0.3) is 0 Å². The third-order valence-electron chi connectivity index (χ3n) is 2.60. The number of nitrogens with one attached hydrogen (secondary N) is 1. The number of allylic oxidation sites excluding steroid dienone is 1. The summed E-state index contributed by atoms with van der Waals surface area (Å²) in [4.78, 5) is 0. The highest BCUT2D eigenvalue weighted by Gasteiger charge is 2.09. The lowest BCUT2D eigenvalue weighted by molar-refractivity contribution is 0.530. The van der Waals surface area contributed by atoms with Crippen LogP contribution in [0.25, 0.3) is 0 Å². The van der Waals surface area contributed by atoms with Crippen LogP contribution in [-0.4, -0.2) is 7.05 Å². The molecule has 1 atom stereocenters. The van der Waals surface area contributed by atoms with Crippen LogP contribution in [0.5, 0.6) is 0 Å². The Hall–Kier alpha value is -0.310. The lowest BCUT2D eigenvalue weighted by Gasteiger charge is -2.16. The standard InChI is InChI=1S/C13H17BrClN/c1-3-4-5-6-13(16-2)10-7-8-11(14)12(15)9-10/h3,7-9,13,16H,1,4-6H2,2H3. The Morgan fingerprint density at radius 3 is 2.88 bits per heavy atom. The lowest BCUT2D eigenvalue weighted by Crippen LogP contribution is -2.16. The van der Waals surface area contributed by atoms with Gasteiger partial charge in [-0.1, -0.05) is 23.7 Å².